The van der Waals surface area contributed by atoms with Crippen molar-refractivity contribution < 1.29 is 19.0 Å². The first kappa shape index (κ1) is 13.2. The van der Waals surface area contributed by atoms with Crippen LogP contribution in [0.15, 0.2) is 48.5 Å². The van der Waals surface area contributed by atoms with E-state index in [-0.39, 0.29) is 30.3 Å². The molecule has 0 spiro atoms. The van der Waals surface area contributed by atoms with Gasteiger partial charge in [0.15, 0.2) is 5.78 Å². The highest BCUT2D eigenvalue weighted by atomic mass is 19.1. The molecular formula is C15H13FO3. The number of carbonyl (C=O) groups is 1. The molecule has 1 N–H and O–H groups in total. The number of benzene rings is 2. The molecule has 0 aliphatic carbocycles. The third-order valence-corrected chi connectivity index (χ3v) is 2.58. The topological polar surface area (TPSA) is 46.5 Å². The highest BCUT2D eigenvalue weighted by molar-refractivity contribution is 6.09. The van der Waals surface area contributed by atoms with Gasteiger partial charge in [-0.3, -0.25) is 4.79 Å². The van der Waals surface area contributed by atoms with Crippen molar-refractivity contribution in [3.8, 4) is 5.75 Å². The van der Waals surface area contributed by atoms with E-state index in [2.05, 4.69) is 0 Å². The lowest BCUT2D eigenvalue weighted by Crippen LogP contribution is -2.06. The van der Waals surface area contributed by atoms with Gasteiger partial charge in [-0.15, -0.1) is 0 Å². The molecule has 2 aromatic carbocycles. The minimum absolute atomic E-state index is 0.00236. The number of carbonyl (C=O) groups excluding carboxylic acids is 1. The van der Waals surface area contributed by atoms with Crippen LogP contribution in [0.25, 0.3) is 0 Å². The molecule has 0 atom stereocenters. The molecule has 0 amide bonds. The van der Waals surface area contributed by atoms with Crippen LogP contribution in [-0.2, 0) is 0 Å². The highest BCUT2D eigenvalue weighted by Crippen LogP contribution is 2.19. The summed E-state index contributed by atoms with van der Waals surface area (Å²) >= 11 is 0. The number of hydrogen-bond donors (Lipinski definition) is 1. The lowest BCUT2D eigenvalue weighted by molar-refractivity contribution is 0.103. The molecule has 0 saturated carbocycles. The molecule has 4 heteroatoms. The summed E-state index contributed by atoms with van der Waals surface area (Å²) in [4.78, 5) is 12.1. The van der Waals surface area contributed by atoms with E-state index in [1.165, 1.54) is 12.1 Å². The monoisotopic (exact) mass is 260 g/mol. The number of ketones is 1. The van der Waals surface area contributed by atoms with Crippen LogP contribution >= 0.6 is 0 Å². The Kier molecular flexibility index (Phi) is 4.26. The molecule has 2 aromatic rings. The first-order valence-corrected chi connectivity index (χ1v) is 5.85. The molecule has 0 unspecified atom stereocenters. The van der Waals surface area contributed by atoms with E-state index in [1.54, 1.807) is 30.3 Å². The van der Waals surface area contributed by atoms with Crippen molar-refractivity contribution in [2.24, 2.45) is 0 Å². The average Bonchev–Trinajstić information content (AvgIpc) is 2.45. The highest BCUT2D eigenvalue weighted by Gasteiger charge is 2.14. The van der Waals surface area contributed by atoms with Crippen LogP contribution in [0.1, 0.15) is 15.9 Å². The second-order valence-electron chi connectivity index (χ2n) is 3.91. The normalized spacial score (nSPS) is 10.2. The molecule has 0 aliphatic rings. The summed E-state index contributed by atoms with van der Waals surface area (Å²) in [5, 5.41) is 8.62. The number of rotatable bonds is 5. The van der Waals surface area contributed by atoms with Gasteiger partial charge in [0, 0.05) is 11.6 Å². The van der Waals surface area contributed by atoms with Crippen molar-refractivity contribution >= 4 is 5.78 Å². The Labute approximate surface area is 110 Å². The maximum Gasteiger partial charge on any atom is 0.195 e. The van der Waals surface area contributed by atoms with Crippen LogP contribution in [0.2, 0.25) is 0 Å². The number of ether oxygens (including phenoxy) is 1. The van der Waals surface area contributed by atoms with Crippen molar-refractivity contribution in [3.63, 3.8) is 0 Å². The molecule has 0 fully saturated rings. The third-order valence-electron chi connectivity index (χ3n) is 2.58. The van der Waals surface area contributed by atoms with Crippen LogP contribution in [-0.4, -0.2) is 24.1 Å². The van der Waals surface area contributed by atoms with Gasteiger partial charge in [-0.25, -0.2) is 4.39 Å². The zero-order valence-corrected chi connectivity index (χ0v) is 10.2. The lowest BCUT2D eigenvalue weighted by atomic mass is 10.0. The van der Waals surface area contributed by atoms with E-state index in [1.807, 2.05) is 0 Å². The van der Waals surface area contributed by atoms with E-state index in [4.69, 9.17) is 9.84 Å². The second kappa shape index (κ2) is 6.11. The van der Waals surface area contributed by atoms with Crippen molar-refractivity contribution in [1.82, 2.24) is 0 Å². The number of halogens is 1. The summed E-state index contributed by atoms with van der Waals surface area (Å²) in [6.07, 6.45) is 0. The number of hydrogen-bond acceptors (Lipinski definition) is 3. The number of aliphatic hydroxyl groups is 1. The Morgan fingerprint density at radius 2 is 1.89 bits per heavy atom. The summed E-state index contributed by atoms with van der Waals surface area (Å²) in [5.74, 6) is -0.715. The van der Waals surface area contributed by atoms with Gasteiger partial charge in [0.1, 0.15) is 18.2 Å². The molecule has 0 radical (unpaired) electrons. The summed E-state index contributed by atoms with van der Waals surface area (Å²) in [5.41, 5.74) is 0.438. The molecule has 19 heavy (non-hydrogen) atoms. The Morgan fingerprint density at radius 1 is 1.16 bits per heavy atom. The minimum atomic E-state index is -0.635. The molecule has 0 heterocycles. The lowest BCUT2D eigenvalue weighted by Gasteiger charge is -2.07. The van der Waals surface area contributed by atoms with Gasteiger partial charge < -0.3 is 9.84 Å². The summed E-state index contributed by atoms with van der Waals surface area (Å²) in [6, 6.07) is 12.6. The van der Waals surface area contributed by atoms with Gasteiger partial charge in [-0.2, -0.15) is 0 Å². The van der Waals surface area contributed by atoms with Crippen molar-refractivity contribution in [3.05, 3.63) is 65.5 Å². The Hall–Kier alpha value is -2.20. The first-order chi connectivity index (χ1) is 9.22. The standard InChI is InChI=1S/C15H13FO3/c16-14-10-12(19-9-8-17)6-7-13(14)15(18)11-4-2-1-3-5-11/h1-7,10,17H,8-9H2. The van der Waals surface area contributed by atoms with Crippen LogP contribution in [0, 0.1) is 5.82 Å². The maximum atomic E-state index is 13.9. The number of aliphatic hydroxyl groups excluding tert-OH is 1. The molecule has 0 saturated heterocycles. The van der Waals surface area contributed by atoms with Gasteiger partial charge in [0.25, 0.3) is 0 Å². The van der Waals surface area contributed by atoms with Crippen molar-refractivity contribution in [2.75, 3.05) is 13.2 Å². The van der Waals surface area contributed by atoms with Crippen molar-refractivity contribution in [1.29, 1.82) is 0 Å². The van der Waals surface area contributed by atoms with E-state index >= 15 is 0 Å². The predicted octanol–water partition coefficient (Wildman–Crippen LogP) is 2.43. The Balaban J connectivity index is 2.24. The summed E-state index contributed by atoms with van der Waals surface area (Å²) in [7, 11) is 0. The third kappa shape index (κ3) is 3.17. The fourth-order valence-corrected chi connectivity index (χ4v) is 1.68. The Morgan fingerprint density at radius 3 is 2.53 bits per heavy atom. The summed E-state index contributed by atoms with van der Waals surface area (Å²) < 4.78 is 18.9. The van der Waals surface area contributed by atoms with Gasteiger partial charge in [-0.1, -0.05) is 30.3 Å². The van der Waals surface area contributed by atoms with E-state index in [9.17, 15) is 9.18 Å². The molecule has 0 aromatic heterocycles. The van der Waals surface area contributed by atoms with Crippen LogP contribution in [0.4, 0.5) is 4.39 Å². The molecule has 2 rings (SSSR count). The van der Waals surface area contributed by atoms with Crippen LogP contribution in [0.5, 0.6) is 5.75 Å². The van der Waals surface area contributed by atoms with Gasteiger partial charge >= 0.3 is 0 Å². The fourth-order valence-electron chi connectivity index (χ4n) is 1.68. The second-order valence-corrected chi connectivity index (χ2v) is 3.91. The average molecular weight is 260 g/mol. The van der Waals surface area contributed by atoms with Gasteiger partial charge in [0.2, 0.25) is 0 Å². The van der Waals surface area contributed by atoms with E-state index < -0.39 is 5.82 Å². The van der Waals surface area contributed by atoms with Crippen molar-refractivity contribution in [2.45, 2.75) is 0 Å². The largest absolute Gasteiger partial charge is 0.491 e. The van der Waals surface area contributed by atoms with Gasteiger partial charge in [0.05, 0.1) is 12.2 Å². The fraction of sp³-hybridized carbons (Fsp3) is 0.133. The zero-order chi connectivity index (χ0) is 13.7. The molecule has 3 nitrogen and oxygen atoms in total. The predicted molar refractivity (Wildman–Crippen MR) is 68.9 cm³/mol. The SMILES string of the molecule is O=C(c1ccccc1)c1ccc(OCCO)cc1F. The molecule has 98 valence electrons. The molecule has 0 aliphatic heterocycles. The van der Waals surface area contributed by atoms with Crippen LogP contribution < -0.4 is 4.74 Å². The Bertz CT molecular complexity index is 567. The maximum absolute atomic E-state index is 13.9. The molecular weight excluding hydrogens is 247 g/mol. The van der Waals surface area contributed by atoms with E-state index in [0.717, 1.165) is 6.07 Å². The zero-order valence-electron chi connectivity index (χ0n) is 10.2. The molecule has 0 bridgehead atoms. The minimum Gasteiger partial charge on any atom is -0.491 e. The summed E-state index contributed by atoms with van der Waals surface area (Å²) in [6.45, 7) is -0.0578. The smallest absolute Gasteiger partial charge is 0.195 e. The quantitative estimate of drug-likeness (QED) is 0.840. The van der Waals surface area contributed by atoms with E-state index in [0.29, 0.717) is 5.56 Å². The first-order valence-electron chi connectivity index (χ1n) is 5.85. The van der Waals surface area contributed by atoms with Gasteiger partial charge in [-0.05, 0) is 12.1 Å². The van der Waals surface area contributed by atoms with Crippen LogP contribution in [0.3, 0.4) is 0 Å².